The number of aryl methyl sites for hydroxylation is 1. The van der Waals surface area contributed by atoms with Crippen LogP contribution in [0.25, 0.3) is 11.2 Å². The van der Waals surface area contributed by atoms with Gasteiger partial charge in [0.05, 0.1) is 12.4 Å². The number of carboxylic acid groups (broad SMARTS) is 1. The zero-order chi connectivity index (χ0) is 34.1. The number of rotatable bonds is 10. The van der Waals surface area contributed by atoms with Crippen LogP contribution in [0.15, 0.2) is 30.6 Å². The number of carboxylic acids is 1. The van der Waals surface area contributed by atoms with E-state index in [0.29, 0.717) is 22.5 Å². The molecule has 3 heterocycles. The van der Waals surface area contributed by atoms with E-state index in [1.165, 1.54) is 5.56 Å². The summed E-state index contributed by atoms with van der Waals surface area (Å²) in [6.45, 7) is 6.81. The number of benzene rings is 1. The van der Waals surface area contributed by atoms with Crippen molar-refractivity contribution < 1.29 is 27.9 Å². The molecule has 0 spiro atoms. The van der Waals surface area contributed by atoms with Crippen molar-refractivity contribution in [3.05, 3.63) is 47.5 Å². The van der Waals surface area contributed by atoms with Gasteiger partial charge in [-0.1, -0.05) is 25.0 Å². The van der Waals surface area contributed by atoms with E-state index in [2.05, 4.69) is 60.3 Å². The molecular formula is C31H41F3N10O3. The number of nitrogens with zero attached hydrogens (tertiary/aromatic N) is 9. The number of halogens is 3. The predicted octanol–water partition coefficient (Wildman–Crippen LogP) is 3.44. The second kappa shape index (κ2) is 16.0. The van der Waals surface area contributed by atoms with E-state index in [1.807, 2.05) is 30.8 Å². The highest BCUT2D eigenvalue weighted by Crippen LogP contribution is 2.28. The Kier molecular flexibility index (Phi) is 12.1. The summed E-state index contributed by atoms with van der Waals surface area (Å²) in [4.78, 5) is 43.2. The van der Waals surface area contributed by atoms with Gasteiger partial charge in [-0.3, -0.25) is 15.1 Å². The number of hydrazine groups is 1. The molecule has 254 valence electrons. The summed E-state index contributed by atoms with van der Waals surface area (Å²) < 4.78 is 33.7. The molecule has 0 unspecified atom stereocenters. The first-order valence-electron chi connectivity index (χ1n) is 15.5. The minimum Gasteiger partial charge on any atom is -0.475 e. The molecule has 1 amide bonds. The first-order valence-corrected chi connectivity index (χ1v) is 15.5. The fraction of sp³-hybridized carbons (Fsp3) is 0.548. The number of imidazole rings is 1. The maximum Gasteiger partial charge on any atom is 0.490 e. The van der Waals surface area contributed by atoms with Crippen LogP contribution in [0, 0.1) is 11.3 Å². The normalized spacial score (nSPS) is 16.1. The molecule has 2 aromatic heterocycles. The third-order valence-corrected chi connectivity index (χ3v) is 8.15. The third kappa shape index (κ3) is 9.83. The topological polar surface area (TPSA) is 147 Å². The van der Waals surface area contributed by atoms with Gasteiger partial charge in [0.25, 0.3) is 5.91 Å². The maximum atomic E-state index is 13.9. The molecule has 0 radical (unpaired) electrons. The van der Waals surface area contributed by atoms with E-state index >= 15 is 0 Å². The SMILES string of the molecule is CN(C)CCCn1cnc2c(NN(C(=O)c3ccc(CN4CCN(C)CC4)cc3)C3CCCC3)nc(C#N)nc21.O=C(O)C(F)(F)F. The molecule has 1 aliphatic carbocycles. The van der Waals surface area contributed by atoms with Gasteiger partial charge >= 0.3 is 12.1 Å². The van der Waals surface area contributed by atoms with E-state index in [1.54, 1.807) is 11.3 Å². The summed E-state index contributed by atoms with van der Waals surface area (Å²) in [6.07, 6.45) is 1.55. The van der Waals surface area contributed by atoms with E-state index in [9.17, 15) is 23.2 Å². The number of alkyl halides is 3. The highest BCUT2D eigenvalue weighted by atomic mass is 19.4. The lowest BCUT2D eigenvalue weighted by Gasteiger charge is -2.32. The largest absolute Gasteiger partial charge is 0.490 e. The molecule has 47 heavy (non-hydrogen) atoms. The lowest BCUT2D eigenvalue weighted by atomic mass is 10.1. The lowest BCUT2D eigenvalue weighted by Crippen LogP contribution is -2.44. The van der Waals surface area contributed by atoms with Gasteiger partial charge in [-0.25, -0.2) is 14.8 Å². The zero-order valence-corrected chi connectivity index (χ0v) is 26.9. The van der Waals surface area contributed by atoms with Crippen molar-refractivity contribution >= 4 is 28.9 Å². The Labute approximate surface area is 271 Å². The predicted molar refractivity (Wildman–Crippen MR) is 168 cm³/mol. The Hall–Kier alpha value is -4.33. The van der Waals surface area contributed by atoms with Crippen molar-refractivity contribution in [2.24, 2.45) is 0 Å². The molecule has 3 aromatic rings. The Morgan fingerprint density at radius 1 is 1.09 bits per heavy atom. The first kappa shape index (κ1) is 35.5. The van der Waals surface area contributed by atoms with Crippen LogP contribution >= 0.6 is 0 Å². The number of hydrogen-bond donors (Lipinski definition) is 2. The third-order valence-electron chi connectivity index (χ3n) is 8.15. The molecule has 2 aliphatic rings. The fourth-order valence-electron chi connectivity index (χ4n) is 5.53. The Bertz CT molecular complexity index is 1540. The minimum atomic E-state index is -5.08. The van der Waals surface area contributed by atoms with Crippen LogP contribution in [0.4, 0.5) is 19.0 Å². The van der Waals surface area contributed by atoms with Gasteiger partial charge in [-0.05, 0) is 64.6 Å². The number of nitriles is 1. The molecule has 2 N–H and O–H groups in total. The number of carbonyl (C=O) groups is 2. The quantitative estimate of drug-likeness (QED) is 0.309. The van der Waals surface area contributed by atoms with Crippen molar-refractivity contribution in [1.29, 1.82) is 5.26 Å². The minimum absolute atomic E-state index is 0.0373. The van der Waals surface area contributed by atoms with Crippen molar-refractivity contribution in [2.45, 2.75) is 57.4 Å². The molecule has 1 saturated carbocycles. The Balaban J connectivity index is 0.000000644. The van der Waals surface area contributed by atoms with Gasteiger partial charge in [0.1, 0.15) is 6.07 Å². The molecule has 16 heteroatoms. The van der Waals surface area contributed by atoms with Crippen LogP contribution in [0.5, 0.6) is 0 Å². The van der Waals surface area contributed by atoms with E-state index in [0.717, 1.165) is 77.9 Å². The monoisotopic (exact) mass is 658 g/mol. The van der Waals surface area contributed by atoms with Gasteiger partial charge in [-0.15, -0.1) is 0 Å². The van der Waals surface area contributed by atoms with Crippen molar-refractivity contribution in [1.82, 2.24) is 39.2 Å². The number of aliphatic carboxylic acids is 1. The smallest absolute Gasteiger partial charge is 0.475 e. The van der Waals surface area contributed by atoms with Gasteiger partial charge in [0, 0.05) is 44.8 Å². The number of piperazine rings is 1. The number of fused-ring (bicyclic) bond motifs is 1. The van der Waals surface area contributed by atoms with Crippen molar-refractivity contribution in [3.63, 3.8) is 0 Å². The molecule has 1 aromatic carbocycles. The van der Waals surface area contributed by atoms with Crippen LogP contribution in [-0.4, -0.2) is 122 Å². The van der Waals surface area contributed by atoms with E-state index in [-0.39, 0.29) is 17.8 Å². The first-order chi connectivity index (χ1) is 22.3. The van der Waals surface area contributed by atoms with Crippen molar-refractivity contribution in [3.8, 4) is 6.07 Å². The summed E-state index contributed by atoms with van der Waals surface area (Å²) in [5, 5.41) is 18.5. The molecule has 2 fully saturated rings. The number of nitrogens with one attached hydrogen (secondary N) is 1. The molecule has 1 saturated heterocycles. The van der Waals surface area contributed by atoms with Crippen LogP contribution in [0.3, 0.4) is 0 Å². The summed E-state index contributed by atoms with van der Waals surface area (Å²) in [5.41, 5.74) is 6.28. The zero-order valence-electron chi connectivity index (χ0n) is 26.9. The number of aromatic nitrogens is 4. The maximum absolute atomic E-state index is 13.9. The van der Waals surface area contributed by atoms with Gasteiger partial charge in [0.15, 0.2) is 17.0 Å². The lowest BCUT2D eigenvalue weighted by molar-refractivity contribution is -0.192. The van der Waals surface area contributed by atoms with Crippen molar-refractivity contribution in [2.75, 3.05) is 59.3 Å². The second-order valence-electron chi connectivity index (χ2n) is 12.1. The molecule has 0 bridgehead atoms. The van der Waals surface area contributed by atoms with E-state index in [4.69, 9.17) is 9.90 Å². The summed E-state index contributed by atoms with van der Waals surface area (Å²) in [7, 11) is 6.24. The summed E-state index contributed by atoms with van der Waals surface area (Å²) >= 11 is 0. The van der Waals surface area contributed by atoms with Gasteiger partial charge in [-0.2, -0.15) is 28.4 Å². The highest BCUT2D eigenvalue weighted by molar-refractivity contribution is 5.96. The number of likely N-dealkylation sites (N-methyl/N-ethyl adjacent to an activating group) is 1. The van der Waals surface area contributed by atoms with Gasteiger partial charge in [0.2, 0.25) is 5.82 Å². The number of anilines is 1. The number of amides is 1. The van der Waals surface area contributed by atoms with Crippen LogP contribution in [-0.2, 0) is 17.9 Å². The Morgan fingerprint density at radius 3 is 2.30 bits per heavy atom. The Morgan fingerprint density at radius 2 is 1.72 bits per heavy atom. The van der Waals surface area contributed by atoms with Crippen LogP contribution < -0.4 is 5.43 Å². The van der Waals surface area contributed by atoms with Gasteiger partial charge < -0.3 is 19.5 Å². The molecule has 1 aliphatic heterocycles. The standard InChI is InChI=1S/C29H40N10O.C2HF3O2/c1-35(2)13-6-14-38-21-31-26-27(32-25(19-30)33-28(26)38)34-39(24-7-4-5-8-24)29(40)23-11-9-22(10-12-23)20-37-17-15-36(3)16-18-37;3-2(4,5)1(6)7/h9-12,21,24H,4-8,13-18,20H2,1-3H3,(H,32,33,34);(H,6,7). The second-order valence-corrected chi connectivity index (χ2v) is 12.1. The van der Waals surface area contributed by atoms with E-state index < -0.39 is 12.1 Å². The average Bonchev–Trinajstić information content (AvgIpc) is 3.71. The fourth-order valence-corrected chi connectivity index (χ4v) is 5.53. The number of hydrogen-bond acceptors (Lipinski definition) is 10. The summed E-state index contributed by atoms with van der Waals surface area (Å²) in [6, 6.07) is 10.1. The number of carbonyl (C=O) groups excluding carboxylic acids is 1. The average molecular weight is 659 g/mol. The summed E-state index contributed by atoms with van der Waals surface area (Å²) in [5.74, 6) is -2.42. The van der Waals surface area contributed by atoms with Crippen LogP contribution in [0.2, 0.25) is 0 Å². The molecule has 0 atom stereocenters. The highest BCUT2D eigenvalue weighted by Gasteiger charge is 2.38. The molecular weight excluding hydrogens is 617 g/mol. The molecule has 5 rings (SSSR count). The van der Waals surface area contributed by atoms with Crippen LogP contribution in [0.1, 0.15) is 53.8 Å². The molecule has 13 nitrogen and oxygen atoms in total.